The molecule has 21 heavy (non-hydrogen) atoms. The van der Waals surface area contributed by atoms with E-state index in [4.69, 9.17) is 11.6 Å². The van der Waals surface area contributed by atoms with Gasteiger partial charge in [-0.25, -0.2) is 0 Å². The fourth-order valence-corrected chi connectivity index (χ4v) is 2.33. The summed E-state index contributed by atoms with van der Waals surface area (Å²) in [7, 11) is 0. The zero-order valence-corrected chi connectivity index (χ0v) is 14.5. The van der Waals surface area contributed by atoms with Gasteiger partial charge in [-0.2, -0.15) is 0 Å². The molecule has 0 aliphatic carbocycles. The van der Waals surface area contributed by atoms with E-state index in [-0.39, 0.29) is 5.38 Å². The highest BCUT2D eigenvalue weighted by Crippen LogP contribution is 2.16. The van der Waals surface area contributed by atoms with E-state index in [1.54, 1.807) is 0 Å². The monoisotopic (exact) mass is 310 g/mol. The highest BCUT2D eigenvalue weighted by atomic mass is 35.5. The lowest BCUT2D eigenvalue weighted by Gasteiger charge is -2.14. The van der Waals surface area contributed by atoms with Gasteiger partial charge in [-0.05, 0) is 6.42 Å². The van der Waals surface area contributed by atoms with Gasteiger partial charge in [0, 0.05) is 12.8 Å². The Morgan fingerprint density at radius 3 is 2.14 bits per heavy atom. The average molecular weight is 311 g/mol. The maximum atomic E-state index is 9.92. The van der Waals surface area contributed by atoms with Crippen LogP contribution in [0.1, 0.15) is 84.5 Å². The topological polar surface area (TPSA) is 20.2 Å². The maximum Gasteiger partial charge on any atom is 0.0812 e. The fraction of sp³-hybridized carbons (Fsp3) is 0.789. The predicted octanol–water partition coefficient (Wildman–Crippen LogP) is 5.29. The summed E-state index contributed by atoms with van der Waals surface area (Å²) < 4.78 is 0. The second-order valence-electron chi connectivity index (χ2n) is 5.43. The molecule has 0 aromatic carbocycles. The molecule has 0 radical (unpaired) electrons. The minimum Gasteiger partial charge on any atom is -0.391 e. The van der Waals surface area contributed by atoms with Crippen LogP contribution in [-0.4, -0.2) is 16.6 Å². The van der Waals surface area contributed by atoms with Gasteiger partial charge in [0.05, 0.1) is 17.9 Å². The average Bonchev–Trinajstić information content (AvgIpc) is 2.49. The zero-order chi connectivity index (χ0) is 15.8. The Morgan fingerprint density at radius 1 is 0.857 bits per heavy atom. The van der Waals surface area contributed by atoms with Crippen LogP contribution in [0.15, 0.2) is 0 Å². The number of rotatable bonds is 10. The lowest BCUT2D eigenvalue weighted by Crippen LogP contribution is -2.20. The summed E-state index contributed by atoms with van der Waals surface area (Å²) in [6.07, 6.45) is 11.2. The number of aliphatic hydroxyl groups is 1. The number of alkyl halides is 1. The molecule has 0 spiro atoms. The Balaban J connectivity index is 3.58. The first kappa shape index (κ1) is 20.4. The Morgan fingerprint density at radius 2 is 1.48 bits per heavy atom. The van der Waals surface area contributed by atoms with Crippen LogP contribution >= 0.6 is 11.6 Å². The van der Waals surface area contributed by atoms with Crippen molar-refractivity contribution in [2.45, 2.75) is 96.0 Å². The summed E-state index contributed by atoms with van der Waals surface area (Å²) in [4.78, 5) is 0. The molecule has 0 aliphatic heterocycles. The van der Waals surface area contributed by atoms with Crippen molar-refractivity contribution in [1.82, 2.24) is 0 Å². The molecule has 0 aromatic heterocycles. The van der Waals surface area contributed by atoms with Crippen molar-refractivity contribution in [2.24, 2.45) is 0 Å². The van der Waals surface area contributed by atoms with Crippen LogP contribution in [-0.2, 0) is 0 Å². The summed E-state index contributed by atoms with van der Waals surface area (Å²) in [6, 6.07) is 0. The van der Waals surface area contributed by atoms with Crippen molar-refractivity contribution in [2.75, 3.05) is 0 Å². The van der Waals surface area contributed by atoms with Gasteiger partial charge in [0.1, 0.15) is 0 Å². The molecule has 2 atom stereocenters. The standard InChI is InChI=1S/C19H31ClO/c1-3-5-7-9-11-12-14-16-18(20)19(21)17-15-13-10-8-6-4-2/h18-19,21H,3-5,7,9-12,14,16-17H2,1-2H3. The van der Waals surface area contributed by atoms with Crippen LogP contribution in [0.5, 0.6) is 0 Å². The van der Waals surface area contributed by atoms with E-state index in [9.17, 15) is 5.11 Å². The van der Waals surface area contributed by atoms with Gasteiger partial charge in [0.2, 0.25) is 0 Å². The van der Waals surface area contributed by atoms with Gasteiger partial charge in [-0.1, -0.05) is 76.6 Å². The molecule has 1 nitrogen and oxygen atoms in total. The van der Waals surface area contributed by atoms with Crippen molar-refractivity contribution >= 4 is 11.6 Å². The molecule has 0 bridgehead atoms. The Hall–Kier alpha value is -0.630. The maximum absolute atomic E-state index is 9.92. The lowest BCUT2D eigenvalue weighted by atomic mass is 10.0. The Bertz CT molecular complexity index is 342. The van der Waals surface area contributed by atoms with Gasteiger partial charge in [0.25, 0.3) is 0 Å². The van der Waals surface area contributed by atoms with E-state index in [1.807, 2.05) is 6.92 Å². The molecule has 0 fully saturated rings. The van der Waals surface area contributed by atoms with Crippen LogP contribution in [0.25, 0.3) is 0 Å². The third-order valence-electron chi connectivity index (χ3n) is 3.42. The largest absolute Gasteiger partial charge is 0.391 e. The van der Waals surface area contributed by atoms with E-state index in [0.717, 1.165) is 19.3 Å². The highest BCUT2D eigenvalue weighted by molar-refractivity contribution is 6.21. The normalized spacial score (nSPS) is 12.8. The minimum absolute atomic E-state index is 0.170. The molecule has 0 saturated heterocycles. The number of hydrogen-bond acceptors (Lipinski definition) is 1. The molecule has 0 amide bonds. The second kappa shape index (κ2) is 15.8. The molecular formula is C19H31ClO. The molecular weight excluding hydrogens is 280 g/mol. The summed E-state index contributed by atoms with van der Waals surface area (Å²) in [5.41, 5.74) is 0. The van der Waals surface area contributed by atoms with Crippen molar-refractivity contribution in [3.8, 4) is 23.7 Å². The van der Waals surface area contributed by atoms with Crippen LogP contribution in [0, 0.1) is 23.7 Å². The van der Waals surface area contributed by atoms with Crippen molar-refractivity contribution < 1.29 is 5.11 Å². The summed E-state index contributed by atoms with van der Waals surface area (Å²) >= 11 is 6.21. The number of hydrogen-bond donors (Lipinski definition) is 1. The van der Waals surface area contributed by atoms with Gasteiger partial charge in [-0.3, -0.25) is 0 Å². The van der Waals surface area contributed by atoms with Crippen molar-refractivity contribution in [1.29, 1.82) is 0 Å². The first-order chi connectivity index (χ1) is 10.2. The molecule has 1 N–H and O–H groups in total. The fourth-order valence-electron chi connectivity index (χ4n) is 2.09. The van der Waals surface area contributed by atoms with Gasteiger partial charge in [0.15, 0.2) is 0 Å². The first-order valence-electron chi connectivity index (χ1n) is 8.45. The molecule has 0 aliphatic rings. The number of unbranched alkanes of at least 4 members (excludes halogenated alkanes) is 6. The zero-order valence-electron chi connectivity index (χ0n) is 13.8. The number of halogens is 1. The van der Waals surface area contributed by atoms with E-state index in [1.165, 1.54) is 38.5 Å². The third-order valence-corrected chi connectivity index (χ3v) is 3.92. The summed E-state index contributed by atoms with van der Waals surface area (Å²) in [5, 5.41) is 9.75. The smallest absolute Gasteiger partial charge is 0.0812 e. The quantitative estimate of drug-likeness (QED) is 0.330. The highest BCUT2D eigenvalue weighted by Gasteiger charge is 2.14. The van der Waals surface area contributed by atoms with Crippen LogP contribution < -0.4 is 0 Å². The Kier molecular flexibility index (Phi) is 15.3. The number of aliphatic hydroxyl groups excluding tert-OH is 1. The minimum atomic E-state index is -0.515. The molecule has 0 saturated carbocycles. The molecule has 0 aromatic rings. The van der Waals surface area contributed by atoms with E-state index in [2.05, 4.69) is 30.6 Å². The van der Waals surface area contributed by atoms with Gasteiger partial charge >= 0.3 is 0 Å². The predicted molar refractivity (Wildman–Crippen MR) is 93.3 cm³/mol. The van der Waals surface area contributed by atoms with E-state index in [0.29, 0.717) is 12.8 Å². The SMILES string of the molecule is CCC#CCC#CCC(O)C(Cl)CCCCCCCCC. The molecule has 0 heterocycles. The summed E-state index contributed by atoms with van der Waals surface area (Å²) in [6.45, 7) is 4.25. The summed E-state index contributed by atoms with van der Waals surface area (Å²) in [5.74, 6) is 11.9. The second-order valence-corrected chi connectivity index (χ2v) is 6.00. The van der Waals surface area contributed by atoms with Crippen molar-refractivity contribution in [3.63, 3.8) is 0 Å². The van der Waals surface area contributed by atoms with Crippen LogP contribution in [0.4, 0.5) is 0 Å². The Labute approximate surface area is 136 Å². The molecule has 2 unspecified atom stereocenters. The first-order valence-corrected chi connectivity index (χ1v) is 8.89. The van der Waals surface area contributed by atoms with E-state index < -0.39 is 6.10 Å². The van der Waals surface area contributed by atoms with Gasteiger partial charge in [-0.15, -0.1) is 17.5 Å². The van der Waals surface area contributed by atoms with E-state index >= 15 is 0 Å². The lowest BCUT2D eigenvalue weighted by molar-refractivity contribution is 0.170. The molecule has 120 valence electrons. The van der Waals surface area contributed by atoms with Crippen molar-refractivity contribution in [3.05, 3.63) is 0 Å². The third kappa shape index (κ3) is 14.1. The molecule has 2 heteroatoms. The molecule has 0 rings (SSSR count). The van der Waals surface area contributed by atoms with Gasteiger partial charge < -0.3 is 5.11 Å². The van der Waals surface area contributed by atoms with Crippen LogP contribution in [0.3, 0.4) is 0 Å². The van der Waals surface area contributed by atoms with Crippen LogP contribution in [0.2, 0.25) is 0 Å².